The monoisotopic (exact) mass is 695 g/mol. The van der Waals surface area contributed by atoms with Crippen molar-refractivity contribution in [3.05, 3.63) is 106 Å². The normalized spacial score (nSPS) is 14.2. The van der Waals surface area contributed by atoms with Crippen LogP contribution in [-0.2, 0) is 21.2 Å². The van der Waals surface area contributed by atoms with Gasteiger partial charge in [-0.15, -0.1) is 0 Å². The fourth-order valence-corrected chi connectivity index (χ4v) is 7.41. The number of halogens is 5. The van der Waals surface area contributed by atoms with Crippen molar-refractivity contribution in [2.24, 2.45) is 0 Å². The number of carbonyl (C=O) groups is 1. The Bertz CT molecular complexity index is 1850. The van der Waals surface area contributed by atoms with Gasteiger partial charge in [0.05, 0.1) is 22.3 Å². The van der Waals surface area contributed by atoms with E-state index in [9.17, 15) is 30.8 Å². The van der Waals surface area contributed by atoms with Gasteiger partial charge in [-0.05, 0) is 72.5 Å². The molecule has 0 aliphatic carbocycles. The van der Waals surface area contributed by atoms with Gasteiger partial charge in [0.2, 0.25) is 0 Å². The van der Waals surface area contributed by atoms with Gasteiger partial charge in [0.25, 0.3) is 16.4 Å². The number of hydrogen-bond acceptors (Lipinski definition) is 6. The zero-order valence-corrected chi connectivity index (χ0v) is 27.1. The molecule has 3 aromatic carbocycles. The SMILES string of the molecule is CC(C)(c1ccc(F)c(C(F)F)c1)c1cnc(SCc2ccc(S(=O)(=O)NC(=O)NN3CCCC3)cc2Cl)n1-c1ccc(F)cc1. The third-order valence-electron chi connectivity index (χ3n) is 7.69. The number of benzene rings is 3. The summed E-state index contributed by atoms with van der Waals surface area (Å²) in [5.74, 6) is -1.22. The Morgan fingerprint density at radius 2 is 1.74 bits per heavy atom. The number of alkyl halides is 2. The van der Waals surface area contributed by atoms with Crippen LogP contribution in [0, 0.1) is 11.6 Å². The molecule has 4 aromatic rings. The Hall–Kier alpha value is -3.59. The van der Waals surface area contributed by atoms with Crippen LogP contribution in [0.4, 0.5) is 22.4 Å². The van der Waals surface area contributed by atoms with Gasteiger partial charge in [0, 0.05) is 35.0 Å². The second-order valence-corrected chi connectivity index (χ2v) is 14.2. The van der Waals surface area contributed by atoms with Crippen LogP contribution in [-0.4, -0.2) is 42.1 Å². The van der Waals surface area contributed by atoms with E-state index in [0.717, 1.165) is 25.0 Å². The number of sulfonamides is 1. The van der Waals surface area contributed by atoms with Crippen LogP contribution >= 0.6 is 23.4 Å². The standard InChI is InChI=1S/C31H30ClF4N5O3S2/c1-31(2,20-6-12-26(34)24(15-20)28(35)36)27-17-37-30(41(27)22-9-7-21(33)8-10-22)45-18-19-5-11-23(16-25(19)32)46(43,44)39-29(42)38-40-13-3-4-14-40/h5-12,15-17,28H,3-4,13-14,18H2,1-2H3,(H2,38,39,42). The summed E-state index contributed by atoms with van der Waals surface area (Å²) in [6.07, 6.45) is 0.384. The molecule has 0 atom stereocenters. The van der Waals surface area contributed by atoms with Gasteiger partial charge in [-0.25, -0.2) is 45.5 Å². The number of hydrogen-bond donors (Lipinski definition) is 2. The lowest BCUT2D eigenvalue weighted by Gasteiger charge is -2.28. The zero-order chi connectivity index (χ0) is 33.2. The van der Waals surface area contributed by atoms with E-state index in [2.05, 4.69) is 10.4 Å². The average Bonchev–Trinajstić information content (AvgIpc) is 3.67. The quantitative estimate of drug-likeness (QED) is 0.133. The van der Waals surface area contributed by atoms with Crippen molar-refractivity contribution in [2.75, 3.05) is 13.1 Å². The summed E-state index contributed by atoms with van der Waals surface area (Å²) < 4.78 is 84.4. The maximum absolute atomic E-state index is 14.1. The van der Waals surface area contributed by atoms with Crippen molar-refractivity contribution < 1.29 is 30.8 Å². The first kappa shape index (κ1) is 33.8. The van der Waals surface area contributed by atoms with Gasteiger partial charge in [0.15, 0.2) is 5.16 Å². The number of hydrazine groups is 1. The van der Waals surface area contributed by atoms with E-state index < -0.39 is 45.1 Å². The summed E-state index contributed by atoms with van der Waals surface area (Å²) in [4.78, 5) is 16.6. The highest BCUT2D eigenvalue weighted by molar-refractivity contribution is 7.98. The Morgan fingerprint density at radius 3 is 2.39 bits per heavy atom. The van der Waals surface area contributed by atoms with Gasteiger partial charge < -0.3 is 0 Å². The molecule has 15 heteroatoms. The summed E-state index contributed by atoms with van der Waals surface area (Å²) in [5, 5.41) is 2.24. The highest BCUT2D eigenvalue weighted by Crippen LogP contribution is 2.39. The number of nitrogens with zero attached hydrogens (tertiary/aromatic N) is 3. The lowest BCUT2D eigenvalue weighted by atomic mass is 9.81. The summed E-state index contributed by atoms with van der Waals surface area (Å²) in [6, 6.07) is 12.5. The lowest BCUT2D eigenvalue weighted by molar-refractivity contribution is 0.146. The zero-order valence-electron chi connectivity index (χ0n) is 24.7. The highest BCUT2D eigenvalue weighted by Gasteiger charge is 2.31. The van der Waals surface area contributed by atoms with Gasteiger partial charge in [0.1, 0.15) is 11.6 Å². The number of aromatic nitrogens is 2. The molecular formula is C31H30ClF4N5O3S2. The van der Waals surface area contributed by atoms with Crippen molar-refractivity contribution in [3.63, 3.8) is 0 Å². The second kappa shape index (κ2) is 13.6. The number of amides is 2. The van der Waals surface area contributed by atoms with Crippen molar-refractivity contribution in [3.8, 4) is 5.69 Å². The van der Waals surface area contributed by atoms with E-state index in [1.807, 2.05) is 4.72 Å². The predicted molar refractivity (Wildman–Crippen MR) is 168 cm³/mol. The van der Waals surface area contributed by atoms with Gasteiger partial charge >= 0.3 is 6.03 Å². The molecule has 1 aliphatic heterocycles. The van der Waals surface area contributed by atoms with Crippen LogP contribution in [0.5, 0.6) is 0 Å². The Balaban J connectivity index is 1.40. The Morgan fingerprint density at radius 1 is 1.04 bits per heavy atom. The smallest absolute Gasteiger partial charge is 0.291 e. The summed E-state index contributed by atoms with van der Waals surface area (Å²) in [6.45, 7) is 4.85. The fraction of sp³-hybridized carbons (Fsp3) is 0.290. The van der Waals surface area contributed by atoms with Crippen LogP contribution in [0.3, 0.4) is 0 Å². The second-order valence-electron chi connectivity index (χ2n) is 11.2. The van der Waals surface area contributed by atoms with E-state index in [1.54, 1.807) is 41.8 Å². The molecular weight excluding hydrogens is 666 g/mol. The minimum Gasteiger partial charge on any atom is -0.291 e. The molecule has 0 unspecified atom stereocenters. The number of carbonyl (C=O) groups excluding carboxylic acids is 1. The predicted octanol–water partition coefficient (Wildman–Crippen LogP) is 7.36. The van der Waals surface area contributed by atoms with E-state index >= 15 is 0 Å². The molecule has 46 heavy (non-hydrogen) atoms. The molecule has 2 N–H and O–H groups in total. The van der Waals surface area contributed by atoms with E-state index in [-0.39, 0.29) is 15.7 Å². The van der Waals surface area contributed by atoms with Crippen LogP contribution in [0.25, 0.3) is 5.69 Å². The Labute approximate surface area is 273 Å². The molecule has 0 bridgehead atoms. The van der Waals surface area contributed by atoms with Crippen LogP contribution in [0.15, 0.2) is 76.9 Å². The Kier molecular flexibility index (Phi) is 10.0. The van der Waals surface area contributed by atoms with E-state index in [0.29, 0.717) is 40.8 Å². The van der Waals surface area contributed by atoms with Gasteiger partial charge in [-0.1, -0.05) is 49.3 Å². The van der Waals surface area contributed by atoms with Gasteiger partial charge in [-0.3, -0.25) is 9.99 Å². The molecule has 2 amide bonds. The molecule has 1 fully saturated rings. The van der Waals surface area contributed by atoms with Gasteiger partial charge in [-0.2, -0.15) is 0 Å². The molecule has 1 aliphatic rings. The highest BCUT2D eigenvalue weighted by atomic mass is 35.5. The third kappa shape index (κ3) is 7.35. The lowest BCUT2D eigenvalue weighted by Crippen LogP contribution is -2.47. The molecule has 2 heterocycles. The molecule has 0 radical (unpaired) electrons. The molecule has 0 saturated carbocycles. The molecule has 8 nitrogen and oxygen atoms in total. The number of thioether (sulfide) groups is 1. The molecule has 1 saturated heterocycles. The van der Waals surface area contributed by atoms with Crippen LogP contribution in [0.2, 0.25) is 5.02 Å². The summed E-state index contributed by atoms with van der Waals surface area (Å²) >= 11 is 7.74. The molecule has 0 spiro atoms. The first-order valence-electron chi connectivity index (χ1n) is 14.2. The summed E-state index contributed by atoms with van der Waals surface area (Å²) in [7, 11) is -4.20. The minimum absolute atomic E-state index is 0.140. The topological polar surface area (TPSA) is 96.3 Å². The average molecular weight is 696 g/mol. The van der Waals surface area contributed by atoms with Crippen molar-refractivity contribution >= 4 is 39.4 Å². The number of nitrogens with one attached hydrogen (secondary N) is 2. The number of rotatable bonds is 10. The van der Waals surface area contributed by atoms with Crippen LogP contribution in [0.1, 0.15) is 55.5 Å². The van der Waals surface area contributed by atoms with Crippen LogP contribution < -0.4 is 10.1 Å². The minimum atomic E-state index is -4.20. The maximum Gasteiger partial charge on any atom is 0.343 e. The third-order valence-corrected chi connectivity index (χ3v) is 10.4. The maximum atomic E-state index is 14.1. The van der Waals surface area contributed by atoms with Crippen molar-refractivity contribution in [1.82, 2.24) is 24.7 Å². The van der Waals surface area contributed by atoms with E-state index in [4.69, 9.17) is 11.6 Å². The molecule has 1 aromatic heterocycles. The van der Waals surface area contributed by atoms with Crippen molar-refractivity contribution in [1.29, 1.82) is 0 Å². The van der Waals surface area contributed by atoms with Crippen molar-refractivity contribution in [2.45, 2.75) is 54.3 Å². The summed E-state index contributed by atoms with van der Waals surface area (Å²) in [5.41, 5.74) is 2.96. The number of imidazole rings is 1. The largest absolute Gasteiger partial charge is 0.343 e. The number of urea groups is 1. The molecule has 244 valence electrons. The van der Waals surface area contributed by atoms with E-state index in [1.165, 1.54) is 48.2 Å². The fourth-order valence-electron chi connectivity index (χ4n) is 5.10. The first-order valence-corrected chi connectivity index (χ1v) is 17.0. The molecule has 5 rings (SSSR count). The first-order chi connectivity index (χ1) is 21.8.